The van der Waals surface area contributed by atoms with Crippen LogP contribution in [0.25, 0.3) is 6.08 Å². The molecule has 27 heavy (non-hydrogen) atoms. The van der Waals surface area contributed by atoms with Gasteiger partial charge in [-0.05, 0) is 55.8 Å². The quantitative estimate of drug-likeness (QED) is 0.503. The van der Waals surface area contributed by atoms with E-state index in [0.717, 1.165) is 37.4 Å². The van der Waals surface area contributed by atoms with E-state index in [9.17, 15) is 9.59 Å². The minimum absolute atomic E-state index is 0.00539. The van der Waals surface area contributed by atoms with Gasteiger partial charge < -0.3 is 9.32 Å². The Balaban J connectivity index is 1.66. The van der Waals surface area contributed by atoms with Gasteiger partial charge in [0.2, 0.25) is 0 Å². The molecule has 0 spiro atoms. The van der Waals surface area contributed by atoms with Gasteiger partial charge >= 0.3 is 0 Å². The fourth-order valence-corrected chi connectivity index (χ4v) is 3.63. The third-order valence-corrected chi connectivity index (χ3v) is 5.06. The molecule has 0 atom stereocenters. The van der Waals surface area contributed by atoms with E-state index in [2.05, 4.69) is 10.2 Å². The van der Waals surface area contributed by atoms with Crippen molar-refractivity contribution in [1.29, 1.82) is 0 Å². The number of para-hydroxylation sites is 1. The maximum Gasteiger partial charge on any atom is 0.270 e. The summed E-state index contributed by atoms with van der Waals surface area (Å²) in [7, 11) is 0. The first-order valence-corrected chi connectivity index (χ1v) is 9.27. The SMILES string of the molecule is Cc1ccccc1N1C(=O)/C(=C/c2ccc(N3CCCC3)o2)C(=O)NC1=S. The molecule has 4 rings (SSSR count). The molecule has 1 aromatic carbocycles. The van der Waals surface area contributed by atoms with Crippen molar-refractivity contribution < 1.29 is 14.0 Å². The van der Waals surface area contributed by atoms with Gasteiger partial charge in [-0.3, -0.25) is 19.8 Å². The number of thiocarbonyl (C=S) groups is 1. The molecule has 3 heterocycles. The Morgan fingerprint density at radius 2 is 1.85 bits per heavy atom. The van der Waals surface area contributed by atoms with Crippen molar-refractivity contribution in [3.63, 3.8) is 0 Å². The lowest BCUT2D eigenvalue weighted by atomic mass is 10.1. The van der Waals surface area contributed by atoms with Crippen molar-refractivity contribution in [2.45, 2.75) is 19.8 Å². The summed E-state index contributed by atoms with van der Waals surface area (Å²) in [6, 6.07) is 11.0. The summed E-state index contributed by atoms with van der Waals surface area (Å²) in [5, 5.41) is 2.67. The summed E-state index contributed by atoms with van der Waals surface area (Å²) in [4.78, 5) is 28.9. The lowest BCUT2D eigenvalue weighted by Gasteiger charge is -2.29. The smallest absolute Gasteiger partial charge is 0.270 e. The number of hydrogen-bond acceptors (Lipinski definition) is 5. The minimum atomic E-state index is -0.519. The number of carbonyl (C=O) groups is 2. The van der Waals surface area contributed by atoms with Gasteiger partial charge in [0.25, 0.3) is 11.8 Å². The van der Waals surface area contributed by atoms with Gasteiger partial charge in [0.1, 0.15) is 11.3 Å². The molecule has 2 aliphatic rings. The molecule has 1 N–H and O–H groups in total. The number of nitrogens with zero attached hydrogens (tertiary/aromatic N) is 2. The second kappa shape index (κ2) is 7.00. The van der Waals surface area contributed by atoms with Crippen LogP contribution in [-0.2, 0) is 9.59 Å². The van der Waals surface area contributed by atoms with E-state index >= 15 is 0 Å². The second-order valence-corrected chi connectivity index (χ2v) is 7.00. The zero-order valence-corrected chi connectivity index (χ0v) is 15.7. The van der Waals surface area contributed by atoms with Gasteiger partial charge in [-0.15, -0.1) is 0 Å². The number of rotatable bonds is 3. The molecule has 0 radical (unpaired) electrons. The van der Waals surface area contributed by atoms with Crippen LogP contribution >= 0.6 is 12.2 Å². The number of nitrogens with one attached hydrogen (secondary N) is 1. The van der Waals surface area contributed by atoms with E-state index in [1.165, 1.54) is 11.0 Å². The molecule has 2 fully saturated rings. The lowest BCUT2D eigenvalue weighted by molar-refractivity contribution is -0.122. The van der Waals surface area contributed by atoms with Crippen LogP contribution in [0.2, 0.25) is 0 Å². The molecular weight excluding hydrogens is 362 g/mol. The van der Waals surface area contributed by atoms with Crippen molar-refractivity contribution in [3.8, 4) is 0 Å². The summed E-state index contributed by atoms with van der Waals surface area (Å²) < 4.78 is 5.82. The van der Waals surface area contributed by atoms with Crippen LogP contribution in [0, 0.1) is 6.92 Å². The van der Waals surface area contributed by atoms with Gasteiger partial charge in [-0.1, -0.05) is 18.2 Å². The molecule has 2 aromatic rings. The Hall–Kier alpha value is -2.93. The molecule has 0 aliphatic carbocycles. The second-order valence-electron chi connectivity index (χ2n) is 6.61. The van der Waals surface area contributed by atoms with Crippen LogP contribution in [-0.4, -0.2) is 30.0 Å². The number of anilines is 2. The van der Waals surface area contributed by atoms with Crippen molar-refractivity contribution in [2.75, 3.05) is 22.9 Å². The molecule has 7 heteroatoms. The Kier molecular flexibility index (Phi) is 4.53. The fraction of sp³-hybridized carbons (Fsp3) is 0.250. The van der Waals surface area contributed by atoms with Crippen LogP contribution in [0.3, 0.4) is 0 Å². The van der Waals surface area contributed by atoms with Gasteiger partial charge in [-0.2, -0.15) is 0 Å². The maximum atomic E-state index is 13.0. The Labute approximate surface area is 162 Å². The molecule has 138 valence electrons. The molecule has 1 aromatic heterocycles. The predicted molar refractivity (Wildman–Crippen MR) is 108 cm³/mol. The third-order valence-electron chi connectivity index (χ3n) is 4.77. The van der Waals surface area contributed by atoms with E-state index in [0.29, 0.717) is 11.4 Å². The van der Waals surface area contributed by atoms with Gasteiger partial charge in [0.15, 0.2) is 11.0 Å². The maximum absolute atomic E-state index is 13.0. The number of carbonyl (C=O) groups excluding carboxylic acids is 2. The summed E-state index contributed by atoms with van der Waals surface area (Å²) in [6.45, 7) is 3.80. The standard InChI is InChI=1S/C20H19N3O3S/c1-13-6-2-3-7-16(13)23-19(25)15(18(24)21-20(23)27)12-14-8-9-17(26-14)22-10-4-5-11-22/h2-3,6-9,12H,4-5,10-11H2,1H3,(H,21,24,27)/b15-12+. The summed E-state index contributed by atoms with van der Waals surface area (Å²) in [5.41, 5.74) is 1.53. The molecule has 0 unspecified atom stereocenters. The highest BCUT2D eigenvalue weighted by Crippen LogP contribution is 2.27. The highest BCUT2D eigenvalue weighted by molar-refractivity contribution is 7.80. The fourth-order valence-electron chi connectivity index (χ4n) is 3.36. The molecule has 2 saturated heterocycles. The van der Waals surface area contributed by atoms with Gasteiger partial charge in [0, 0.05) is 19.2 Å². The zero-order valence-electron chi connectivity index (χ0n) is 14.9. The van der Waals surface area contributed by atoms with Crippen LogP contribution in [0.4, 0.5) is 11.6 Å². The highest BCUT2D eigenvalue weighted by atomic mass is 32.1. The highest BCUT2D eigenvalue weighted by Gasteiger charge is 2.35. The number of aryl methyl sites for hydroxylation is 1. The Morgan fingerprint density at radius 3 is 2.59 bits per heavy atom. The van der Waals surface area contributed by atoms with E-state index in [4.69, 9.17) is 16.6 Å². The van der Waals surface area contributed by atoms with Gasteiger partial charge in [0.05, 0.1) is 5.69 Å². The molecule has 0 bridgehead atoms. The first-order chi connectivity index (χ1) is 13.0. The van der Waals surface area contributed by atoms with Crippen molar-refractivity contribution >= 4 is 46.8 Å². The first kappa shape index (κ1) is 17.5. The normalized spacial score (nSPS) is 19.1. The van der Waals surface area contributed by atoms with Crippen LogP contribution in [0.15, 0.2) is 46.4 Å². The topological polar surface area (TPSA) is 65.8 Å². The third kappa shape index (κ3) is 3.26. The van der Waals surface area contributed by atoms with E-state index in [-0.39, 0.29) is 10.7 Å². The number of furan rings is 1. The predicted octanol–water partition coefficient (Wildman–Crippen LogP) is 3.02. The Morgan fingerprint density at radius 1 is 1.11 bits per heavy atom. The molecule has 2 amide bonds. The minimum Gasteiger partial charge on any atom is -0.441 e. The summed E-state index contributed by atoms with van der Waals surface area (Å²) >= 11 is 5.23. The van der Waals surface area contributed by atoms with Crippen molar-refractivity contribution in [3.05, 3.63) is 53.3 Å². The largest absolute Gasteiger partial charge is 0.441 e. The van der Waals surface area contributed by atoms with Crippen LogP contribution in [0.5, 0.6) is 0 Å². The lowest BCUT2D eigenvalue weighted by Crippen LogP contribution is -2.54. The van der Waals surface area contributed by atoms with Crippen molar-refractivity contribution in [1.82, 2.24) is 5.32 Å². The van der Waals surface area contributed by atoms with E-state index < -0.39 is 11.8 Å². The summed E-state index contributed by atoms with van der Waals surface area (Å²) in [5.74, 6) is 0.244. The number of hydrogen-bond donors (Lipinski definition) is 1. The molecule has 2 aliphatic heterocycles. The summed E-state index contributed by atoms with van der Waals surface area (Å²) in [6.07, 6.45) is 3.76. The number of benzene rings is 1. The van der Waals surface area contributed by atoms with Gasteiger partial charge in [-0.25, -0.2) is 0 Å². The zero-order chi connectivity index (χ0) is 19.0. The average Bonchev–Trinajstić information content (AvgIpc) is 3.31. The molecular formula is C20H19N3O3S. The monoisotopic (exact) mass is 381 g/mol. The first-order valence-electron chi connectivity index (χ1n) is 8.86. The van der Waals surface area contributed by atoms with Crippen LogP contribution in [0.1, 0.15) is 24.2 Å². The number of amides is 2. The molecule has 0 saturated carbocycles. The molecule has 6 nitrogen and oxygen atoms in total. The average molecular weight is 381 g/mol. The Bertz CT molecular complexity index is 957. The van der Waals surface area contributed by atoms with Crippen molar-refractivity contribution in [2.24, 2.45) is 0 Å². The van der Waals surface area contributed by atoms with E-state index in [1.54, 1.807) is 12.1 Å². The van der Waals surface area contributed by atoms with E-state index in [1.807, 2.05) is 31.2 Å². The van der Waals surface area contributed by atoms with Crippen LogP contribution < -0.4 is 15.1 Å².